The molecule has 0 radical (unpaired) electrons. The highest BCUT2D eigenvalue weighted by Crippen LogP contribution is 2.45. The highest BCUT2D eigenvalue weighted by atomic mass is 19.4. The maximum Gasteiger partial charge on any atom is 0.416 e. The van der Waals surface area contributed by atoms with Crippen LogP contribution in [0.4, 0.5) is 48.5 Å². The van der Waals surface area contributed by atoms with Gasteiger partial charge in [0.05, 0.1) is 54.7 Å². The predicted molar refractivity (Wildman–Crippen MR) is 158 cm³/mol. The zero-order chi connectivity index (χ0) is 33.1. The van der Waals surface area contributed by atoms with Crippen molar-refractivity contribution < 1.29 is 40.6 Å². The maximum absolute atomic E-state index is 13.8. The van der Waals surface area contributed by atoms with Crippen LogP contribution in [0.15, 0.2) is 48.8 Å². The van der Waals surface area contributed by atoms with E-state index >= 15 is 0 Å². The Morgan fingerprint density at radius 2 is 1.60 bits per heavy atom. The zero-order valence-corrected chi connectivity index (χ0v) is 25.5. The number of benzene rings is 2. The van der Waals surface area contributed by atoms with Crippen LogP contribution in [0, 0.1) is 0 Å². The first-order chi connectivity index (χ1) is 21.2. The fourth-order valence-electron chi connectivity index (χ4n) is 5.39. The van der Waals surface area contributed by atoms with Crippen LogP contribution in [0.3, 0.4) is 0 Å². The average Bonchev–Trinajstić information content (AvgIpc) is 3.01. The van der Waals surface area contributed by atoms with Gasteiger partial charge in [0.15, 0.2) is 0 Å². The second-order valence-electron chi connectivity index (χ2n) is 10.6. The van der Waals surface area contributed by atoms with Crippen molar-refractivity contribution in [1.82, 2.24) is 9.97 Å². The lowest BCUT2D eigenvalue weighted by Gasteiger charge is -2.44. The Bertz CT molecular complexity index is 1450. The smallest absolute Gasteiger partial charge is 0.416 e. The molecule has 3 aromatic rings. The van der Waals surface area contributed by atoms with Gasteiger partial charge < -0.3 is 19.3 Å². The van der Waals surface area contributed by atoms with Gasteiger partial charge >= 0.3 is 18.4 Å². The first kappa shape index (κ1) is 33.7. The van der Waals surface area contributed by atoms with E-state index in [-0.39, 0.29) is 30.6 Å². The Kier molecular flexibility index (Phi) is 10.0. The minimum absolute atomic E-state index is 0.0902. The van der Waals surface area contributed by atoms with Crippen LogP contribution in [-0.4, -0.2) is 49.4 Å². The van der Waals surface area contributed by atoms with Crippen molar-refractivity contribution in [2.45, 2.75) is 64.6 Å². The fourth-order valence-corrected chi connectivity index (χ4v) is 5.39. The number of hydrogen-bond donors (Lipinski definition) is 0. The summed E-state index contributed by atoms with van der Waals surface area (Å²) in [6, 6.07) is 5.46. The van der Waals surface area contributed by atoms with E-state index in [0.717, 1.165) is 0 Å². The summed E-state index contributed by atoms with van der Waals surface area (Å²) in [5, 5.41) is 0. The molecule has 0 unspecified atom stereocenters. The Morgan fingerprint density at radius 1 is 0.978 bits per heavy atom. The molecule has 1 aliphatic heterocycles. The first-order valence-electron chi connectivity index (χ1n) is 14.4. The van der Waals surface area contributed by atoms with E-state index < -0.39 is 48.2 Å². The van der Waals surface area contributed by atoms with Crippen molar-refractivity contribution >= 4 is 23.4 Å². The molecular formula is C31H35F6N5O3. The summed E-state index contributed by atoms with van der Waals surface area (Å²) in [5.74, 6) is 0.532. The molecule has 244 valence electrons. The number of ether oxygens (including phenoxy) is 2. The molecule has 0 N–H and O–H groups in total. The summed E-state index contributed by atoms with van der Waals surface area (Å²) < 4.78 is 93.5. The molecule has 0 aliphatic carbocycles. The van der Waals surface area contributed by atoms with Gasteiger partial charge in [-0.25, -0.2) is 14.8 Å². The number of methoxy groups -OCH3 is 1. The van der Waals surface area contributed by atoms with Gasteiger partial charge in [-0.05, 0) is 68.7 Å². The van der Waals surface area contributed by atoms with Crippen molar-refractivity contribution in [3.8, 4) is 5.75 Å². The molecule has 45 heavy (non-hydrogen) atoms. The molecule has 1 amide bonds. The van der Waals surface area contributed by atoms with Crippen LogP contribution in [0.25, 0.3) is 0 Å². The molecule has 0 fully saturated rings. The SMILES string of the molecule is CCOC(=O)N1c2ccc(OC)cc2[C@@H](N(Cc2cc(C(F)(F)F)cc(C(F)(F)F)c2)c2ncc(N(C)CC)cn2)C[C@H]1CC. The van der Waals surface area contributed by atoms with Gasteiger partial charge in [0.2, 0.25) is 5.95 Å². The van der Waals surface area contributed by atoms with Crippen molar-refractivity contribution in [2.75, 3.05) is 42.0 Å². The molecule has 0 spiro atoms. The number of amides is 1. The molecule has 0 saturated heterocycles. The number of halogens is 6. The molecule has 1 aromatic heterocycles. The molecule has 4 rings (SSSR count). The van der Waals surface area contributed by atoms with Crippen molar-refractivity contribution in [3.05, 3.63) is 71.0 Å². The summed E-state index contributed by atoms with van der Waals surface area (Å²) in [5.41, 5.74) is -1.37. The summed E-state index contributed by atoms with van der Waals surface area (Å²) in [6.07, 6.45) is -6.77. The van der Waals surface area contributed by atoms with Crippen LogP contribution >= 0.6 is 0 Å². The summed E-state index contributed by atoms with van der Waals surface area (Å²) in [7, 11) is 3.29. The molecule has 2 aromatic carbocycles. The van der Waals surface area contributed by atoms with Crippen LogP contribution in [0.2, 0.25) is 0 Å². The van der Waals surface area contributed by atoms with E-state index in [1.165, 1.54) is 12.0 Å². The monoisotopic (exact) mass is 639 g/mol. The summed E-state index contributed by atoms with van der Waals surface area (Å²) >= 11 is 0. The van der Waals surface area contributed by atoms with Crippen molar-refractivity contribution in [1.29, 1.82) is 0 Å². The van der Waals surface area contributed by atoms with Gasteiger partial charge in [0, 0.05) is 31.7 Å². The average molecular weight is 640 g/mol. The number of anilines is 3. The number of carbonyl (C=O) groups is 1. The number of aromatic nitrogens is 2. The lowest BCUT2D eigenvalue weighted by molar-refractivity contribution is -0.143. The third-order valence-corrected chi connectivity index (χ3v) is 7.82. The highest BCUT2D eigenvalue weighted by molar-refractivity contribution is 5.90. The van der Waals surface area contributed by atoms with E-state index in [1.54, 1.807) is 42.4 Å². The van der Waals surface area contributed by atoms with Gasteiger partial charge in [-0.2, -0.15) is 26.3 Å². The summed E-state index contributed by atoms with van der Waals surface area (Å²) in [6.45, 7) is 5.88. The number of carbonyl (C=O) groups excluding carboxylic acids is 1. The minimum atomic E-state index is -5.01. The topological polar surface area (TPSA) is 71.0 Å². The van der Waals surface area contributed by atoms with Crippen LogP contribution < -0.4 is 19.4 Å². The highest BCUT2D eigenvalue weighted by Gasteiger charge is 2.41. The number of rotatable bonds is 9. The molecule has 1 aliphatic rings. The minimum Gasteiger partial charge on any atom is -0.497 e. The number of fused-ring (bicyclic) bond motifs is 1. The van der Waals surface area contributed by atoms with Gasteiger partial charge in [0.1, 0.15) is 5.75 Å². The van der Waals surface area contributed by atoms with Crippen LogP contribution in [0.1, 0.15) is 61.9 Å². The fraction of sp³-hybridized carbons (Fsp3) is 0.452. The molecule has 14 heteroatoms. The van der Waals surface area contributed by atoms with Crippen molar-refractivity contribution in [3.63, 3.8) is 0 Å². The molecule has 2 atom stereocenters. The lowest BCUT2D eigenvalue weighted by atomic mass is 9.88. The summed E-state index contributed by atoms with van der Waals surface area (Å²) in [4.78, 5) is 27.1. The van der Waals surface area contributed by atoms with Crippen LogP contribution in [0.5, 0.6) is 5.75 Å². The quantitative estimate of drug-likeness (QED) is 0.221. The molecule has 2 heterocycles. The van der Waals surface area contributed by atoms with E-state index in [4.69, 9.17) is 9.47 Å². The molecule has 8 nitrogen and oxygen atoms in total. The first-order valence-corrected chi connectivity index (χ1v) is 14.4. The van der Waals surface area contributed by atoms with Gasteiger partial charge in [-0.3, -0.25) is 4.90 Å². The molecular weight excluding hydrogens is 604 g/mol. The van der Waals surface area contributed by atoms with Crippen molar-refractivity contribution in [2.24, 2.45) is 0 Å². The third-order valence-electron chi connectivity index (χ3n) is 7.82. The van der Waals surface area contributed by atoms with E-state index in [0.29, 0.717) is 47.8 Å². The maximum atomic E-state index is 13.8. The number of alkyl halides is 6. The number of hydrogen-bond acceptors (Lipinski definition) is 7. The Hall–Kier alpha value is -4.23. The van der Waals surface area contributed by atoms with Gasteiger partial charge in [-0.1, -0.05) is 6.92 Å². The van der Waals surface area contributed by atoms with Gasteiger partial charge in [-0.15, -0.1) is 0 Å². The van der Waals surface area contributed by atoms with E-state index in [9.17, 15) is 31.1 Å². The van der Waals surface area contributed by atoms with E-state index in [2.05, 4.69) is 9.97 Å². The Labute approximate surface area is 257 Å². The molecule has 0 bridgehead atoms. The number of nitrogens with zero attached hydrogens (tertiary/aromatic N) is 5. The normalized spacial score (nSPS) is 16.6. The lowest BCUT2D eigenvalue weighted by Crippen LogP contribution is -2.48. The Morgan fingerprint density at radius 3 is 2.11 bits per heavy atom. The van der Waals surface area contributed by atoms with Gasteiger partial charge in [0.25, 0.3) is 0 Å². The second kappa shape index (κ2) is 13.4. The molecule has 0 saturated carbocycles. The second-order valence-corrected chi connectivity index (χ2v) is 10.6. The standard InChI is InChI=1S/C31H35F6N5O3/c1-6-22-14-27(25-15-24(44-5)9-10-26(25)42(22)29(43)45-8-3)41(28-38-16-23(17-39-28)40(4)7-2)18-19-11-20(30(32,33)34)13-21(12-19)31(35,36)37/h9-13,15-17,22,27H,6-8,14,18H2,1-5H3/t22-,27+/m1/s1. The largest absolute Gasteiger partial charge is 0.497 e. The van der Waals surface area contributed by atoms with Crippen LogP contribution in [-0.2, 0) is 23.6 Å². The predicted octanol–water partition coefficient (Wildman–Crippen LogP) is 7.87. The van der Waals surface area contributed by atoms with E-state index in [1.807, 2.05) is 25.8 Å². The Balaban J connectivity index is 1.93. The third kappa shape index (κ3) is 7.36. The zero-order valence-electron chi connectivity index (χ0n) is 25.5.